The molecule has 0 saturated heterocycles. The summed E-state index contributed by atoms with van der Waals surface area (Å²) < 4.78 is 3.40. The molecule has 1 aliphatic rings. The zero-order valence-electron chi connectivity index (χ0n) is 13.1. The number of ketones is 2. The number of fused-ring (bicyclic) bond motifs is 1. The van der Waals surface area contributed by atoms with E-state index in [9.17, 15) is 9.59 Å². The fourth-order valence-electron chi connectivity index (χ4n) is 2.96. The molecule has 0 fully saturated rings. The molecule has 128 valence electrons. The average molecular weight is 401 g/mol. The molecule has 1 aromatic heterocycles. The van der Waals surface area contributed by atoms with E-state index in [0.29, 0.717) is 11.4 Å². The lowest BCUT2D eigenvalue weighted by molar-refractivity contribution is 0.0979. The third-order valence-electron chi connectivity index (χ3n) is 4.10. The van der Waals surface area contributed by atoms with E-state index < -0.39 is 11.6 Å². The smallest absolute Gasteiger partial charge is 0.225 e. The minimum absolute atomic E-state index is 0.115. The second kappa shape index (κ2) is 6.36. The zero-order valence-corrected chi connectivity index (χ0v) is 15.5. The molecule has 3 aromatic rings. The van der Waals surface area contributed by atoms with Crippen molar-refractivity contribution < 1.29 is 9.59 Å². The number of benzene rings is 2. The molecule has 0 spiro atoms. The molecule has 0 saturated carbocycles. The zero-order chi connectivity index (χ0) is 18.4. The molecule has 0 atom stereocenters. The highest BCUT2D eigenvalue weighted by atomic mass is 35.5. The Morgan fingerprint density at radius 3 is 1.35 bits per heavy atom. The monoisotopic (exact) mass is 400 g/mol. The van der Waals surface area contributed by atoms with Gasteiger partial charge in [-0.1, -0.05) is 59.6 Å². The van der Waals surface area contributed by atoms with Crippen LogP contribution >= 0.6 is 35.4 Å². The van der Waals surface area contributed by atoms with Gasteiger partial charge in [-0.3, -0.25) is 18.7 Å². The van der Waals surface area contributed by atoms with Crippen LogP contribution in [0.3, 0.4) is 0 Å². The summed E-state index contributed by atoms with van der Waals surface area (Å²) in [5.74, 6) is -1.06. The van der Waals surface area contributed by atoms with Gasteiger partial charge < -0.3 is 0 Å². The van der Waals surface area contributed by atoms with Gasteiger partial charge in [-0.15, -0.1) is 0 Å². The van der Waals surface area contributed by atoms with E-state index in [2.05, 4.69) is 0 Å². The van der Waals surface area contributed by atoms with E-state index in [-0.39, 0.29) is 26.2 Å². The predicted molar refractivity (Wildman–Crippen MR) is 103 cm³/mol. The maximum atomic E-state index is 12.9. The van der Waals surface area contributed by atoms with E-state index in [1.165, 1.54) is 0 Å². The van der Waals surface area contributed by atoms with Crippen molar-refractivity contribution in [1.82, 2.24) is 9.13 Å². The van der Waals surface area contributed by atoms with Crippen molar-refractivity contribution in [3.63, 3.8) is 0 Å². The lowest BCUT2D eigenvalue weighted by Gasteiger charge is -2.14. The number of Topliss-reactive ketones (excluding diaryl/α,β-unsaturated/α-hetero) is 2. The van der Waals surface area contributed by atoms with Crippen LogP contribution in [0.15, 0.2) is 70.7 Å². The first-order valence-electron chi connectivity index (χ1n) is 7.65. The standard InChI is InChI=1S/C19H10Cl2N2O2S/c20-13-14(21)18(25)16-15(17(13)24)22(11-7-3-1-4-8-11)19(26)23(16)12-9-5-2-6-10-12/h1-10H. The SMILES string of the molecule is O=C1C(Cl)=C(Cl)C(=O)c2c1n(-c1ccccc1)c(=S)n2-c1ccccc1. The van der Waals surface area contributed by atoms with E-state index in [1.807, 2.05) is 36.4 Å². The van der Waals surface area contributed by atoms with Crippen LogP contribution in [-0.2, 0) is 0 Å². The second-order valence-corrected chi connectivity index (χ2v) is 6.73. The molecule has 4 rings (SSSR count). The molecular formula is C19H10Cl2N2O2S. The summed E-state index contributed by atoms with van der Waals surface area (Å²) in [6.07, 6.45) is 0. The molecule has 2 aromatic carbocycles. The lowest BCUT2D eigenvalue weighted by Crippen LogP contribution is -2.21. The van der Waals surface area contributed by atoms with Gasteiger partial charge in [-0.25, -0.2) is 0 Å². The summed E-state index contributed by atoms with van der Waals surface area (Å²) in [6, 6.07) is 18.2. The Hall–Kier alpha value is -2.47. The van der Waals surface area contributed by atoms with Crippen LogP contribution in [0.4, 0.5) is 0 Å². The highest BCUT2D eigenvalue weighted by molar-refractivity contribution is 7.71. The Morgan fingerprint density at radius 1 is 0.654 bits per heavy atom. The molecule has 0 unspecified atom stereocenters. The normalized spacial score (nSPS) is 13.9. The van der Waals surface area contributed by atoms with Crippen LogP contribution < -0.4 is 0 Å². The number of allylic oxidation sites excluding steroid dienone is 2. The Labute approximate surface area is 163 Å². The van der Waals surface area contributed by atoms with Gasteiger partial charge in [0.15, 0.2) is 4.77 Å². The number of aromatic nitrogens is 2. The number of carbonyl (C=O) groups is 2. The van der Waals surface area contributed by atoms with Gasteiger partial charge in [0, 0.05) is 11.4 Å². The number of hydrogen-bond acceptors (Lipinski definition) is 3. The predicted octanol–water partition coefficient (Wildman–Crippen LogP) is 5.07. The summed E-state index contributed by atoms with van der Waals surface area (Å²) in [7, 11) is 0. The van der Waals surface area contributed by atoms with Crippen LogP contribution in [0.1, 0.15) is 21.0 Å². The van der Waals surface area contributed by atoms with Crippen molar-refractivity contribution in [2.75, 3.05) is 0 Å². The van der Waals surface area contributed by atoms with E-state index in [1.54, 1.807) is 33.4 Å². The fraction of sp³-hybridized carbons (Fsp3) is 0. The first-order chi connectivity index (χ1) is 12.5. The van der Waals surface area contributed by atoms with Crippen LogP contribution in [0.5, 0.6) is 0 Å². The molecule has 0 bridgehead atoms. The summed E-state index contributed by atoms with van der Waals surface area (Å²) in [5, 5.41) is -0.594. The number of nitrogens with zero attached hydrogens (tertiary/aromatic N) is 2. The second-order valence-electron chi connectivity index (χ2n) is 5.61. The Bertz CT molecular complexity index is 1060. The third kappa shape index (κ3) is 2.40. The fourth-order valence-corrected chi connectivity index (χ4v) is 3.71. The van der Waals surface area contributed by atoms with Gasteiger partial charge in [0.2, 0.25) is 11.6 Å². The first-order valence-corrected chi connectivity index (χ1v) is 8.82. The van der Waals surface area contributed by atoms with E-state index in [4.69, 9.17) is 35.4 Å². The molecule has 0 amide bonds. The average Bonchev–Trinajstić information content (AvgIpc) is 2.99. The highest BCUT2D eigenvalue weighted by Gasteiger charge is 2.38. The van der Waals surface area contributed by atoms with Gasteiger partial charge in [0.25, 0.3) is 0 Å². The number of halogens is 2. The third-order valence-corrected chi connectivity index (χ3v) is 5.29. The Morgan fingerprint density at radius 2 is 1.00 bits per heavy atom. The van der Waals surface area contributed by atoms with E-state index in [0.717, 1.165) is 0 Å². The van der Waals surface area contributed by atoms with Crippen molar-refractivity contribution in [1.29, 1.82) is 0 Å². The number of hydrogen-bond donors (Lipinski definition) is 0. The molecule has 1 aliphatic carbocycles. The Kier molecular flexibility index (Phi) is 4.15. The van der Waals surface area contributed by atoms with Gasteiger partial charge in [0.1, 0.15) is 21.5 Å². The van der Waals surface area contributed by atoms with Gasteiger partial charge in [-0.2, -0.15) is 0 Å². The number of carbonyl (C=O) groups excluding carboxylic acids is 2. The largest absolute Gasteiger partial charge is 0.286 e. The first kappa shape index (κ1) is 17.0. The Balaban J connectivity index is 2.16. The topological polar surface area (TPSA) is 44.0 Å². The lowest BCUT2D eigenvalue weighted by atomic mass is 10.0. The van der Waals surface area contributed by atoms with Crippen LogP contribution in [0.2, 0.25) is 0 Å². The number of para-hydroxylation sites is 2. The van der Waals surface area contributed by atoms with Crippen molar-refractivity contribution in [2.24, 2.45) is 0 Å². The minimum Gasteiger partial charge on any atom is -0.286 e. The molecule has 4 nitrogen and oxygen atoms in total. The van der Waals surface area contributed by atoms with Crippen LogP contribution in [0, 0.1) is 4.77 Å². The van der Waals surface area contributed by atoms with Crippen LogP contribution in [0.25, 0.3) is 11.4 Å². The van der Waals surface area contributed by atoms with Crippen molar-refractivity contribution in [3.05, 3.63) is 86.9 Å². The van der Waals surface area contributed by atoms with Crippen LogP contribution in [-0.4, -0.2) is 20.7 Å². The van der Waals surface area contributed by atoms with Gasteiger partial charge in [0.05, 0.1) is 0 Å². The summed E-state index contributed by atoms with van der Waals surface area (Å²) >= 11 is 17.7. The summed E-state index contributed by atoms with van der Waals surface area (Å²) in [5.41, 5.74) is 1.55. The summed E-state index contributed by atoms with van der Waals surface area (Å²) in [4.78, 5) is 25.7. The molecule has 0 N–H and O–H groups in total. The number of imidazole rings is 1. The maximum Gasteiger partial charge on any atom is 0.225 e. The summed E-state index contributed by atoms with van der Waals surface area (Å²) in [6.45, 7) is 0. The maximum absolute atomic E-state index is 12.9. The minimum atomic E-state index is -0.532. The quantitative estimate of drug-likeness (QED) is 0.564. The molecule has 26 heavy (non-hydrogen) atoms. The van der Waals surface area contributed by atoms with Crippen molar-refractivity contribution in [2.45, 2.75) is 0 Å². The molecular weight excluding hydrogens is 391 g/mol. The van der Waals surface area contributed by atoms with Gasteiger partial charge >= 0.3 is 0 Å². The highest BCUT2D eigenvalue weighted by Crippen LogP contribution is 2.34. The van der Waals surface area contributed by atoms with Crippen molar-refractivity contribution in [3.8, 4) is 11.4 Å². The molecule has 1 heterocycles. The number of rotatable bonds is 2. The molecule has 0 aliphatic heterocycles. The molecule has 0 radical (unpaired) electrons. The molecule has 7 heteroatoms. The van der Waals surface area contributed by atoms with E-state index >= 15 is 0 Å². The van der Waals surface area contributed by atoms with Gasteiger partial charge in [-0.05, 0) is 36.5 Å². The van der Waals surface area contributed by atoms with Crippen molar-refractivity contribution >= 4 is 47.0 Å².